The number of anilines is 1. The minimum absolute atomic E-state index is 0.0998. The Hall–Kier alpha value is -1.26. The van der Waals surface area contributed by atoms with Gasteiger partial charge >= 0.3 is 0 Å². The van der Waals surface area contributed by atoms with Gasteiger partial charge in [-0.3, -0.25) is 4.72 Å². The van der Waals surface area contributed by atoms with Crippen molar-refractivity contribution in [3.63, 3.8) is 0 Å². The van der Waals surface area contributed by atoms with Gasteiger partial charge in [0.2, 0.25) is 0 Å². The van der Waals surface area contributed by atoms with E-state index in [1.54, 1.807) is 18.2 Å². The number of aliphatic hydroxyl groups is 1. The van der Waals surface area contributed by atoms with E-state index in [1.165, 1.54) is 6.07 Å². The summed E-state index contributed by atoms with van der Waals surface area (Å²) in [5.41, 5.74) is 1.20. The molecule has 1 aromatic carbocycles. The van der Waals surface area contributed by atoms with E-state index < -0.39 is 10.0 Å². The summed E-state index contributed by atoms with van der Waals surface area (Å²) in [7, 11) is -3.78. The monoisotopic (exact) mass is 361 g/mol. The summed E-state index contributed by atoms with van der Waals surface area (Å²) in [5.74, 6) is 0. The number of rotatable bonds is 4. The topological polar surface area (TPSA) is 92.2 Å². The lowest BCUT2D eigenvalue weighted by atomic mass is 10.3. The van der Waals surface area contributed by atoms with Gasteiger partial charge in [0.25, 0.3) is 10.0 Å². The fraction of sp³-hybridized carbons (Fsp3) is 0.0909. The zero-order valence-electron chi connectivity index (χ0n) is 10.3. The number of thiophene rings is 1. The van der Waals surface area contributed by atoms with Gasteiger partial charge in [-0.2, -0.15) is 8.75 Å². The van der Waals surface area contributed by atoms with E-state index in [1.807, 2.05) is 0 Å². The number of hydrogen-bond acceptors (Lipinski definition) is 7. The average Bonchev–Trinajstić information content (AvgIpc) is 3.10. The Balaban J connectivity index is 2.04. The molecule has 6 nitrogen and oxygen atoms in total. The summed E-state index contributed by atoms with van der Waals surface area (Å²) in [5, 5.41) is 9.27. The van der Waals surface area contributed by atoms with Crippen LogP contribution < -0.4 is 4.72 Å². The molecule has 0 amide bonds. The van der Waals surface area contributed by atoms with Crippen molar-refractivity contribution in [2.45, 2.75) is 10.8 Å². The van der Waals surface area contributed by atoms with Crippen molar-refractivity contribution in [1.29, 1.82) is 0 Å². The van der Waals surface area contributed by atoms with E-state index in [0.29, 0.717) is 15.9 Å². The molecule has 2 aromatic heterocycles. The average molecular weight is 362 g/mol. The molecule has 0 bridgehead atoms. The van der Waals surface area contributed by atoms with E-state index in [0.717, 1.165) is 23.1 Å². The lowest BCUT2D eigenvalue weighted by Gasteiger charge is -2.08. The van der Waals surface area contributed by atoms with Gasteiger partial charge in [-0.05, 0) is 24.3 Å². The summed E-state index contributed by atoms with van der Waals surface area (Å²) >= 11 is 8.04. The van der Waals surface area contributed by atoms with Crippen LogP contribution >= 0.6 is 34.7 Å². The summed E-state index contributed by atoms with van der Waals surface area (Å²) in [4.78, 5) is 0.565. The van der Waals surface area contributed by atoms with Gasteiger partial charge in [-0.25, -0.2) is 8.42 Å². The standard InChI is InChI=1S/C11H8ClN3O3S3/c12-7-2-3-8-11(14-20-13-8)10(7)15-21(17,18)9-4-1-6(5-16)19-9/h1-4,15-16H,5H2. The van der Waals surface area contributed by atoms with E-state index in [9.17, 15) is 8.42 Å². The number of sulfonamides is 1. The van der Waals surface area contributed by atoms with E-state index in [2.05, 4.69) is 13.5 Å². The maximum absolute atomic E-state index is 12.4. The normalized spacial score (nSPS) is 11.9. The molecule has 0 saturated carbocycles. The van der Waals surface area contributed by atoms with Crippen LogP contribution in [-0.4, -0.2) is 22.3 Å². The number of aromatic nitrogens is 2. The predicted molar refractivity (Wildman–Crippen MR) is 83.5 cm³/mol. The molecule has 0 radical (unpaired) electrons. The molecule has 0 aliphatic heterocycles. The Bertz CT molecular complexity index is 904. The van der Waals surface area contributed by atoms with Gasteiger partial charge in [-0.15, -0.1) is 11.3 Å². The highest BCUT2D eigenvalue weighted by atomic mass is 35.5. The van der Waals surface area contributed by atoms with Crippen molar-refractivity contribution >= 4 is 61.4 Å². The Morgan fingerprint density at radius 2 is 2.05 bits per heavy atom. The molecule has 10 heteroatoms. The molecule has 21 heavy (non-hydrogen) atoms. The van der Waals surface area contributed by atoms with Crippen molar-refractivity contribution in [3.05, 3.63) is 34.2 Å². The number of benzene rings is 1. The predicted octanol–water partition coefficient (Wildman–Crippen LogP) is 2.70. The van der Waals surface area contributed by atoms with E-state index in [-0.39, 0.29) is 21.5 Å². The maximum Gasteiger partial charge on any atom is 0.271 e. The quantitative estimate of drug-likeness (QED) is 0.745. The number of fused-ring (bicyclic) bond motifs is 1. The van der Waals surface area contributed by atoms with Crippen LogP contribution in [0.25, 0.3) is 11.0 Å². The highest BCUT2D eigenvalue weighted by molar-refractivity contribution is 7.94. The number of nitrogens with zero attached hydrogens (tertiary/aromatic N) is 2. The van der Waals surface area contributed by atoms with Crippen LogP contribution in [-0.2, 0) is 16.6 Å². The molecule has 0 aliphatic carbocycles. The second-order valence-electron chi connectivity index (χ2n) is 4.04. The lowest BCUT2D eigenvalue weighted by molar-refractivity contribution is 0.285. The number of aliphatic hydroxyl groups excluding tert-OH is 1. The van der Waals surface area contributed by atoms with E-state index in [4.69, 9.17) is 16.7 Å². The second-order valence-corrected chi connectivity index (χ2v) is 8.05. The largest absolute Gasteiger partial charge is 0.391 e. The lowest BCUT2D eigenvalue weighted by Crippen LogP contribution is -2.12. The minimum atomic E-state index is -3.78. The zero-order valence-corrected chi connectivity index (χ0v) is 13.5. The number of nitrogens with one attached hydrogen (secondary N) is 1. The molecular weight excluding hydrogens is 354 g/mol. The Morgan fingerprint density at radius 3 is 2.76 bits per heavy atom. The number of hydrogen-bond donors (Lipinski definition) is 2. The van der Waals surface area contributed by atoms with Crippen LogP contribution in [0.15, 0.2) is 28.5 Å². The molecular formula is C11H8ClN3O3S3. The van der Waals surface area contributed by atoms with Crippen molar-refractivity contribution in [1.82, 2.24) is 8.75 Å². The fourth-order valence-corrected chi connectivity index (χ4v) is 4.80. The molecule has 0 unspecified atom stereocenters. The molecule has 2 N–H and O–H groups in total. The molecule has 0 saturated heterocycles. The molecule has 2 heterocycles. The van der Waals surface area contributed by atoms with Crippen LogP contribution in [0.2, 0.25) is 5.02 Å². The van der Waals surface area contributed by atoms with Gasteiger partial charge in [0.15, 0.2) is 0 Å². The summed E-state index contributed by atoms with van der Waals surface area (Å²) in [6, 6.07) is 6.24. The van der Waals surface area contributed by atoms with Crippen LogP contribution in [0.3, 0.4) is 0 Å². The first kappa shape index (κ1) is 14.7. The van der Waals surface area contributed by atoms with Gasteiger partial charge in [0.05, 0.1) is 29.0 Å². The summed E-state index contributed by atoms with van der Waals surface area (Å²) < 4.78 is 35.4. The first-order valence-electron chi connectivity index (χ1n) is 5.64. The Kier molecular flexibility index (Phi) is 3.84. The van der Waals surface area contributed by atoms with Crippen molar-refractivity contribution in [3.8, 4) is 0 Å². The van der Waals surface area contributed by atoms with Gasteiger partial charge in [0.1, 0.15) is 15.2 Å². The molecule has 110 valence electrons. The SMILES string of the molecule is O=S(=O)(Nc1c(Cl)ccc2nsnc12)c1ccc(CO)s1. The fourth-order valence-electron chi connectivity index (χ4n) is 1.70. The van der Waals surface area contributed by atoms with Gasteiger partial charge in [0, 0.05) is 4.88 Å². The molecule has 0 atom stereocenters. The highest BCUT2D eigenvalue weighted by Crippen LogP contribution is 2.33. The Morgan fingerprint density at radius 1 is 1.24 bits per heavy atom. The third-order valence-electron chi connectivity index (χ3n) is 2.67. The van der Waals surface area contributed by atoms with E-state index >= 15 is 0 Å². The van der Waals surface area contributed by atoms with Crippen LogP contribution in [0.4, 0.5) is 5.69 Å². The summed E-state index contributed by atoms with van der Waals surface area (Å²) in [6.07, 6.45) is 0. The maximum atomic E-state index is 12.4. The van der Waals surface area contributed by atoms with Crippen LogP contribution in [0.1, 0.15) is 4.88 Å². The van der Waals surface area contributed by atoms with Crippen molar-refractivity contribution in [2.24, 2.45) is 0 Å². The minimum Gasteiger partial charge on any atom is -0.391 e. The van der Waals surface area contributed by atoms with Crippen LogP contribution in [0.5, 0.6) is 0 Å². The third-order valence-corrected chi connectivity index (χ3v) is 6.44. The first-order valence-corrected chi connectivity index (χ1v) is 9.05. The van der Waals surface area contributed by atoms with Crippen LogP contribution in [0, 0.1) is 0 Å². The molecule has 3 rings (SSSR count). The molecule has 0 spiro atoms. The second kappa shape index (κ2) is 5.50. The zero-order chi connectivity index (χ0) is 15.0. The highest BCUT2D eigenvalue weighted by Gasteiger charge is 2.21. The first-order chi connectivity index (χ1) is 10.0. The molecule has 0 aliphatic rings. The van der Waals surface area contributed by atoms with Gasteiger partial charge in [-0.1, -0.05) is 11.6 Å². The smallest absolute Gasteiger partial charge is 0.271 e. The molecule has 0 fully saturated rings. The summed E-state index contributed by atoms with van der Waals surface area (Å²) in [6.45, 7) is -0.202. The Labute approximate surface area is 133 Å². The number of halogens is 1. The molecule has 3 aromatic rings. The van der Waals surface area contributed by atoms with Crippen molar-refractivity contribution in [2.75, 3.05) is 4.72 Å². The van der Waals surface area contributed by atoms with Gasteiger partial charge < -0.3 is 5.11 Å². The van der Waals surface area contributed by atoms with Crippen molar-refractivity contribution < 1.29 is 13.5 Å². The third kappa shape index (κ3) is 2.74.